The third kappa shape index (κ3) is 3.40. The Bertz CT molecular complexity index is 430. The maximum absolute atomic E-state index is 12.7. The van der Waals surface area contributed by atoms with Crippen molar-refractivity contribution >= 4 is 5.97 Å². The van der Waals surface area contributed by atoms with E-state index >= 15 is 0 Å². The highest BCUT2D eigenvalue weighted by molar-refractivity contribution is 5.70. The second kappa shape index (κ2) is 4.68. The number of carbonyl (C=O) groups is 1. The molecule has 0 saturated carbocycles. The lowest BCUT2D eigenvalue weighted by molar-refractivity contribution is -0.142. The number of alkyl halides is 3. The largest absolute Gasteiger partial charge is 0.481 e. The summed E-state index contributed by atoms with van der Waals surface area (Å²) in [7, 11) is 0. The highest BCUT2D eigenvalue weighted by Gasteiger charge is 2.36. The van der Waals surface area contributed by atoms with Gasteiger partial charge in [0.25, 0.3) is 0 Å². The average molecular weight is 248 g/mol. The molecule has 17 heavy (non-hydrogen) atoms. The predicted octanol–water partition coefficient (Wildman–Crippen LogP) is 2.25. The van der Waals surface area contributed by atoms with Crippen LogP contribution in [0.25, 0.3) is 0 Å². The van der Waals surface area contributed by atoms with Crippen molar-refractivity contribution in [1.82, 2.24) is 9.97 Å². The van der Waals surface area contributed by atoms with Crippen LogP contribution in [0.15, 0.2) is 6.20 Å². The van der Waals surface area contributed by atoms with Crippen molar-refractivity contribution in [2.75, 3.05) is 0 Å². The molecule has 0 aliphatic rings. The van der Waals surface area contributed by atoms with E-state index in [1.54, 1.807) is 13.8 Å². The zero-order chi connectivity index (χ0) is 13.2. The van der Waals surface area contributed by atoms with E-state index in [4.69, 9.17) is 5.11 Å². The molecule has 1 aromatic rings. The molecule has 1 aromatic heterocycles. The highest BCUT2D eigenvalue weighted by Crippen LogP contribution is 2.31. The van der Waals surface area contributed by atoms with Crippen LogP contribution in [0.2, 0.25) is 0 Å². The summed E-state index contributed by atoms with van der Waals surface area (Å²) >= 11 is 0. The SMILES string of the molecule is CC(C)c1ncc(CC(=O)O)c(C(F)(F)F)n1. The van der Waals surface area contributed by atoms with Gasteiger partial charge in [-0.25, -0.2) is 9.97 Å². The summed E-state index contributed by atoms with van der Waals surface area (Å²) in [5.74, 6) is -1.56. The molecule has 0 aliphatic heterocycles. The van der Waals surface area contributed by atoms with Crippen LogP contribution in [0, 0.1) is 0 Å². The lowest BCUT2D eigenvalue weighted by atomic mass is 10.1. The molecule has 0 saturated heterocycles. The Kier molecular flexibility index (Phi) is 3.69. The van der Waals surface area contributed by atoms with Gasteiger partial charge < -0.3 is 5.11 Å². The summed E-state index contributed by atoms with van der Waals surface area (Å²) in [6, 6.07) is 0. The summed E-state index contributed by atoms with van der Waals surface area (Å²) in [6.45, 7) is 3.32. The summed E-state index contributed by atoms with van der Waals surface area (Å²) in [4.78, 5) is 17.6. The molecule has 0 bridgehead atoms. The van der Waals surface area contributed by atoms with Crippen LogP contribution >= 0.6 is 0 Å². The second-order valence-corrected chi connectivity index (χ2v) is 3.83. The Morgan fingerprint density at radius 3 is 2.47 bits per heavy atom. The molecule has 1 rings (SSSR count). The van der Waals surface area contributed by atoms with Gasteiger partial charge in [-0.15, -0.1) is 0 Å². The third-order valence-corrected chi connectivity index (χ3v) is 2.01. The van der Waals surface area contributed by atoms with Crippen LogP contribution in [-0.4, -0.2) is 21.0 Å². The Morgan fingerprint density at radius 2 is 2.06 bits per heavy atom. The molecule has 4 nitrogen and oxygen atoms in total. The first kappa shape index (κ1) is 13.4. The molecular weight excluding hydrogens is 237 g/mol. The van der Waals surface area contributed by atoms with Crippen molar-refractivity contribution < 1.29 is 23.1 Å². The van der Waals surface area contributed by atoms with E-state index in [2.05, 4.69) is 9.97 Å². The van der Waals surface area contributed by atoms with Gasteiger partial charge in [0.15, 0.2) is 5.69 Å². The summed E-state index contributed by atoms with van der Waals surface area (Å²) < 4.78 is 38.0. The molecule has 0 aromatic carbocycles. The van der Waals surface area contributed by atoms with Crippen LogP contribution in [0.5, 0.6) is 0 Å². The van der Waals surface area contributed by atoms with Gasteiger partial charge in [0.2, 0.25) is 0 Å². The number of carboxylic acid groups (broad SMARTS) is 1. The monoisotopic (exact) mass is 248 g/mol. The Balaban J connectivity index is 3.27. The minimum atomic E-state index is -4.67. The molecule has 0 unspecified atom stereocenters. The van der Waals surface area contributed by atoms with Crippen LogP contribution < -0.4 is 0 Å². The summed E-state index contributed by atoms with van der Waals surface area (Å²) in [5, 5.41) is 8.51. The Morgan fingerprint density at radius 1 is 1.47 bits per heavy atom. The molecule has 0 spiro atoms. The average Bonchev–Trinajstić information content (AvgIpc) is 2.15. The molecule has 7 heteroatoms. The topological polar surface area (TPSA) is 63.1 Å². The van der Waals surface area contributed by atoms with E-state index in [1.807, 2.05) is 0 Å². The molecule has 1 heterocycles. The summed E-state index contributed by atoms with van der Waals surface area (Å²) in [5.41, 5.74) is -1.59. The quantitative estimate of drug-likeness (QED) is 0.891. The van der Waals surface area contributed by atoms with Crippen molar-refractivity contribution in [3.05, 3.63) is 23.3 Å². The van der Waals surface area contributed by atoms with Crippen LogP contribution in [-0.2, 0) is 17.4 Å². The van der Waals surface area contributed by atoms with Crippen LogP contribution in [0.3, 0.4) is 0 Å². The number of halogens is 3. The predicted molar refractivity (Wildman–Crippen MR) is 52.5 cm³/mol. The molecule has 94 valence electrons. The first-order valence-electron chi connectivity index (χ1n) is 4.86. The van der Waals surface area contributed by atoms with Crippen molar-refractivity contribution in [3.63, 3.8) is 0 Å². The second-order valence-electron chi connectivity index (χ2n) is 3.83. The van der Waals surface area contributed by atoms with Crippen molar-refractivity contribution in [3.8, 4) is 0 Å². The molecule has 0 radical (unpaired) electrons. The van der Waals surface area contributed by atoms with E-state index < -0.39 is 29.8 Å². The van der Waals surface area contributed by atoms with Gasteiger partial charge in [0.05, 0.1) is 6.42 Å². The molecule has 0 amide bonds. The number of hydrogen-bond acceptors (Lipinski definition) is 3. The zero-order valence-corrected chi connectivity index (χ0v) is 9.25. The van der Waals surface area contributed by atoms with Crippen molar-refractivity contribution in [2.45, 2.75) is 32.4 Å². The van der Waals surface area contributed by atoms with Gasteiger partial charge in [0, 0.05) is 17.7 Å². The smallest absolute Gasteiger partial charge is 0.433 e. The number of hydrogen-bond donors (Lipinski definition) is 1. The third-order valence-electron chi connectivity index (χ3n) is 2.01. The summed E-state index contributed by atoms with van der Waals surface area (Å²) in [6.07, 6.45) is -4.48. The standard InChI is InChI=1S/C10H11F3N2O2/c1-5(2)9-14-4-6(3-7(16)17)8(15-9)10(11,12)13/h4-5H,3H2,1-2H3,(H,16,17). The maximum Gasteiger partial charge on any atom is 0.433 e. The van der Waals surface area contributed by atoms with E-state index in [0.717, 1.165) is 6.20 Å². The number of nitrogens with zero attached hydrogens (tertiary/aromatic N) is 2. The van der Waals surface area contributed by atoms with Gasteiger partial charge in [-0.3, -0.25) is 4.79 Å². The van der Waals surface area contributed by atoms with Crippen LogP contribution in [0.1, 0.15) is 36.8 Å². The molecule has 1 N–H and O–H groups in total. The van der Waals surface area contributed by atoms with Gasteiger partial charge in [-0.2, -0.15) is 13.2 Å². The Labute approximate surface area is 95.5 Å². The Hall–Kier alpha value is -1.66. The fourth-order valence-electron chi connectivity index (χ4n) is 1.24. The van der Waals surface area contributed by atoms with Gasteiger partial charge in [0.1, 0.15) is 5.82 Å². The minimum absolute atomic E-state index is 0.0477. The normalized spacial score (nSPS) is 11.9. The first-order valence-corrected chi connectivity index (χ1v) is 4.86. The van der Waals surface area contributed by atoms with E-state index in [9.17, 15) is 18.0 Å². The van der Waals surface area contributed by atoms with Crippen molar-refractivity contribution in [2.24, 2.45) is 0 Å². The van der Waals surface area contributed by atoms with Gasteiger partial charge in [-0.1, -0.05) is 13.8 Å². The minimum Gasteiger partial charge on any atom is -0.481 e. The zero-order valence-electron chi connectivity index (χ0n) is 9.25. The first-order chi connectivity index (χ1) is 7.71. The van der Waals surface area contributed by atoms with Gasteiger partial charge in [-0.05, 0) is 0 Å². The number of aliphatic carboxylic acids is 1. The van der Waals surface area contributed by atoms with Crippen molar-refractivity contribution in [1.29, 1.82) is 0 Å². The molecule has 0 aliphatic carbocycles. The van der Waals surface area contributed by atoms with Gasteiger partial charge >= 0.3 is 12.1 Å². The fraction of sp³-hybridized carbons (Fsp3) is 0.500. The lowest BCUT2D eigenvalue weighted by Gasteiger charge is -2.12. The molecule has 0 atom stereocenters. The maximum atomic E-state index is 12.7. The van der Waals surface area contributed by atoms with E-state index in [1.165, 1.54) is 0 Å². The number of rotatable bonds is 3. The molecule has 0 fully saturated rings. The highest BCUT2D eigenvalue weighted by atomic mass is 19.4. The fourth-order valence-corrected chi connectivity index (χ4v) is 1.24. The number of aromatic nitrogens is 2. The van der Waals surface area contributed by atoms with Crippen LogP contribution in [0.4, 0.5) is 13.2 Å². The van der Waals surface area contributed by atoms with E-state index in [-0.39, 0.29) is 11.7 Å². The lowest BCUT2D eigenvalue weighted by Crippen LogP contribution is -2.17. The van der Waals surface area contributed by atoms with E-state index in [0.29, 0.717) is 0 Å². The molecular formula is C10H11F3N2O2. The number of carboxylic acids is 1.